The summed E-state index contributed by atoms with van der Waals surface area (Å²) in [6, 6.07) is 5.69. The molecule has 0 aliphatic heterocycles. The SMILES string of the molecule is COc1cc(NC(=O)OC(C)(C)C)ccc1C1(C(C)(C)N)CC1. The summed E-state index contributed by atoms with van der Waals surface area (Å²) < 4.78 is 10.8. The molecule has 128 valence electrons. The number of hydrogen-bond acceptors (Lipinski definition) is 4. The van der Waals surface area contributed by atoms with Gasteiger partial charge in [-0.3, -0.25) is 5.32 Å². The molecule has 5 nitrogen and oxygen atoms in total. The van der Waals surface area contributed by atoms with E-state index < -0.39 is 11.7 Å². The largest absolute Gasteiger partial charge is 0.496 e. The van der Waals surface area contributed by atoms with Gasteiger partial charge in [-0.05, 0) is 53.5 Å². The molecular weight excluding hydrogens is 292 g/mol. The van der Waals surface area contributed by atoms with Crippen molar-refractivity contribution < 1.29 is 14.3 Å². The lowest BCUT2D eigenvalue weighted by molar-refractivity contribution is 0.0636. The molecule has 1 fully saturated rings. The van der Waals surface area contributed by atoms with Crippen molar-refractivity contribution in [1.29, 1.82) is 0 Å². The van der Waals surface area contributed by atoms with E-state index in [1.807, 2.05) is 52.8 Å². The fraction of sp³-hybridized carbons (Fsp3) is 0.611. The van der Waals surface area contributed by atoms with E-state index in [9.17, 15) is 4.79 Å². The molecule has 0 heterocycles. The van der Waals surface area contributed by atoms with Crippen LogP contribution in [0.4, 0.5) is 10.5 Å². The number of methoxy groups -OCH3 is 1. The highest BCUT2D eigenvalue weighted by Crippen LogP contribution is 2.57. The highest BCUT2D eigenvalue weighted by molar-refractivity contribution is 5.85. The van der Waals surface area contributed by atoms with E-state index in [-0.39, 0.29) is 11.0 Å². The smallest absolute Gasteiger partial charge is 0.412 e. The van der Waals surface area contributed by atoms with Gasteiger partial charge in [0.05, 0.1) is 7.11 Å². The second-order valence-electron chi connectivity index (χ2n) is 7.85. The van der Waals surface area contributed by atoms with Crippen molar-refractivity contribution in [3.63, 3.8) is 0 Å². The summed E-state index contributed by atoms with van der Waals surface area (Å²) >= 11 is 0. The number of rotatable bonds is 4. The Balaban J connectivity index is 2.23. The van der Waals surface area contributed by atoms with Crippen LogP contribution in [0, 0.1) is 0 Å². The molecule has 5 heteroatoms. The topological polar surface area (TPSA) is 73.6 Å². The molecule has 0 saturated heterocycles. The Morgan fingerprint density at radius 2 is 1.83 bits per heavy atom. The van der Waals surface area contributed by atoms with E-state index in [0.29, 0.717) is 5.69 Å². The predicted octanol–water partition coefficient (Wildman–Crippen LogP) is 3.81. The molecule has 0 aromatic heterocycles. The monoisotopic (exact) mass is 320 g/mol. The van der Waals surface area contributed by atoms with Crippen LogP contribution < -0.4 is 15.8 Å². The molecule has 0 radical (unpaired) electrons. The van der Waals surface area contributed by atoms with Gasteiger partial charge in [-0.15, -0.1) is 0 Å². The number of nitrogens with two attached hydrogens (primary N) is 1. The molecule has 23 heavy (non-hydrogen) atoms. The Kier molecular flexibility index (Phi) is 4.37. The van der Waals surface area contributed by atoms with E-state index >= 15 is 0 Å². The predicted molar refractivity (Wildman–Crippen MR) is 92.0 cm³/mol. The highest BCUT2D eigenvalue weighted by atomic mass is 16.6. The van der Waals surface area contributed by atoms with Gasteiger partial charge in [-0.25, -0.2) is 4.79 Å². The van der Waals surface area contributed by atoms with Gasteiger partial charge in [-0.2, -0.15) is 0 Å². The normalized spacial score (nSPS) is 16.7. The van der Waals surface area contributed by atoms with Gasteiger partial charge in [-0.1, -0.05) is 6.07 Å². The molecular formula is C18H28N2O3. The first-order valence-electron chi connectivity index (χ1n) is 7.96. The van der Waals surface area contributed by atoms with Crippen LogP contribution in [-0.4, -0.2) is 24.3 Å². The second kappa shape index (κ2) is 5.71. The first kappa shape index (κ1) is 17.6. The van der Waals surface area contributed by atoms with Gasteiger partial charge >= 0.3 is 6.09 Å². The van der Waals surface area contributed by atoms with Crippen LogP contribution in [0.1, 0.15) is 53.0 Å². The summed E-state index contributed by atoms with van der Waals surface area (Å²) in [5.41, 5.74) is 7.21. The second-order valence-corrected chi connectivity index (χ2v) is 7.85. The maximum Gasteiger partial charge on any atom is 0.412 e. The number of anilines is 1. The van der Waals surface area contributed by atoms with E-state index in [4.69, 9.17) is 15.2 Å². The van der Waals surface area contributed by atoms with Gasteiger partial charge in [0.15, 0.2) is 0 Å². The average molecular weight is 320 g/mol. The Morgan fingerprint density at radius 3 is 2.26 bits per heavy atom. The Labute approximate surface area is 138 Å². The Bertz CT molecular complexity index is 593. The minimum atomic E-state index is -0.532. The molecule has 0 spiro atoms. The quantitative estimate of drug-likeness (QED) is 0.884. The zero-order valence-electron chi connectivity index (χ0n) is 14.9. The van der Waals surface area contributed by atoms with Crippen molar-refractivity contribution >= 4 is 11.8 Å². The van der Waals surface area contributed by atoms with Gasteiger partial charge < -0.3 is 15.2 Å². The number of amides is 1. The van der Waals surface area contributed by atoms with Crippen molar-refractivity contribution in [1.82, 2.24) is 0 Å². The van der Waals surface area contributed by atoms with Crippen LogP contribution in [0.25, 0.3) is 0 Å². The van der Waals surface area contributed by atoms with Crippen molar-refractivity contribution in [2.75, 3.05) is 12.4 Å². The molecule has 0 bridgehead atoms. The van der Waals surface area contributed by atoms with E-state index in [2.05, 4.69) is 5.32 Å². The maximum absolute atomic E-state index is 11.9. The average Bonchev–Trinajstić information content (AvgIpc) is 3.16. The lowest BCUT2D eigenvalue weighted by Crippen LogP contribution is -2.45. The van der Waals surface area contributed by atoms with E-state index in [1.165, 1.54) is 0 Å². The van der Waals surface area contributed by atoms with Crippen LogP contribution in [0.15, 0.2) is 18.2 Å². The third-order valence-electron chi connectivity index (χ3n) is 4.35. The lowest BCUT2D eigenvalue weighted by atomic mass is 9.79. The molecule has 1 saturated carbocycles. The molecule has 0 unspecified atom stereocenters. The van der Waals surface area contributed by atoms with Gasteiger partial charge in [0.25, 0.3) is 0 Å². The van der Waals surface area contributed by atoms with Gasteiger partial charge in [0.1, 0.15) is 11.4 Å². The first-order chi connectivity index (χ1) is 10.5. The Morgan fingerprint density at radius 1 is 1.22 bits per heavy atom. The Hall–Kier alpha value is -1.75. The maximum atomic E-state index is 11.9. The minimum Gasteiger partial charge on any atom is -0.496 e. The summed E-state index contributed by atoms with van der Waals surface area (Å²) in [7, 11) is 1.63. The fourth-order valence-corrected chi connectivity index (χ4v) is 2.97. The summed E-state index contributed by atoms with van der Waals surface area (Å²) in [6.45, 7) is 9.59. The van der Waals surface area contributed by atoms with Crippen LogP contribution >= 0.6 is 0 Å². The molecule has 1 amide bonds. The van der Waals surface area contributed by atoms with Crippen LogP contribution in [-0.2, 0) is 10.2 Å². The molecule has 1 aromatic carbocycles. The van der Waals surface area contributed by atoms with Crippen LogP contribution in [0.5, 0.6) is 5.75 Å². The van der Waals surface area contributed by atoms with Crippen LogP contribution in [0.3, 0.4) is 0 Å². The summed E-state index contributed by atoms with van der Waals surface area (Å²) in [5, 5.41) is 2.74. The van der Waals surface area contributed by atoms with Crippen LogP contribution in [0.2, 0.25) is 0 Å². The number of hydrogen-bond donors (Lipinski definition) is 2. The third-order valence-corrected chi connectivity index (χ3v) is 4.35. The van der Waals surface area contributed by atoms with E-state index in [1.54, 1.807) is 7.11 Å². The minimum absolute atomic E-state index is 0.0528. The lowest BCUT2D eigenvalue weighted by Gasteiger charge is -2.32. The number of benzene rings is 1. The molecule has 1 aliphatic rings. The molecule has 1 aromatic rings. The summed E-state index contributed by atoms with van der Waals surface area (Å²) in [6.07, 6.45) is 1.62. The number of nitrogens with one attached hydrogen (secondary N) is 1. The fourth-order valence-electron chi connectivity index (χ4n) is 2.97. The molecule has 0 atom stereocenters. The standard InChI is InChI=1S/C18H28N2O3/c1-16(2,3)23-15(21)20-12-7-8-13(14(11-12)22-6)18(9-10-18)17(4,5)19/h7-8,11H,9-10,19H2,1-6H3,(H,20,21). The van der Waals surface area contributed by atoms with Crippen molar-refractivity contribution in [2.45, 2.75) is 64.0 Å². The zero-order valence-corrected chi connectivity index (χ0v) is 14.9. The molecule has 3 N–H and O–H groups in total. The number of ether oxygens (including phenoxy) is 2. The molecule has 2 rings (SSSR count). The van der Waals surface area contributed by atoms with Crippen molar-refractivity contribution in [3.05, 3.63) is 23.8 Å². The van der Waals surface area contributed by atoms with Gasteiger partial charge in [0.2, 0.25) is 0 Å². The zero-order chi connectivity index (χ0) is 17.5. The van der Waals surface area contributed by atoms with Crippen molar-refractivity contribution in [3.8, 4) is 5.75 Å². The third kappa shape index (κ3) is 3.78. The molecule has 1 aliphatic carbocycles. The number of carbonyl (C=O) groups is 1. The van der Waals surface area contributed by atoms with E-state index in [0.717, 1.165) is 24.2 Å². The number of carbonyl (C=O) groups excluding carboxylic acids is 1. The van der Waals surface area contributed by atoms with Gasteiger partial charge in [0, 0.05) is 28.3 Å². The van der Waals surface area contributed by atoms with Crippen molar-refractivity contribution in [2.24, 2.45) is 5.73 Å². The first-order valence-corrected chi connectivity index (χ1v) is 7.96. The highest BCUT2D eigenvalue weighted by Gasteiger charge is 2.55. The summed E-state index contributed by atoms with van der Waals surface area (Å²) in [4.78, 5) is 11.9. The summed E-state index contributed by atoms with van der Waals surface area (Å²) in [5.74, 6) is 0.745.